The molecule has 0 aromatic heterocycles. The Balaban J connectivity index is 2.06. The van der Waals surface area contributed by atoms with Gasteiger partial charge in [-0.25, -0.2) is 4.39 Å². The van der Waals surface area contributed by atoms with Gasteiger partial charge in [-0.3, -0.25) is 0 Å². The van der Waals surface area contributed by atoms with Crippen LogP contribution in [0.3, 0.4) is 0 Å². The van der Waals surface area contributed by atoms with Gasteiger partial charge in [-0.1, -0.05) is 31.4 Å². The van der Waals surface area contributed by atoms with Crippen LogP contribution in [0.4, 0.5) is 4.39 Å². The summed E-state index contributed by atoms with van der Waals surface area (Å²) in [5.74, 6) is 0.714. The molecule has 0 unspecified atom stereocenters. The predicted molar refractivity (Wildman–Crippen MR) is 66.9 cm³/mol. The standard InChI is InChI=1S/C14H20FNO/c15-10-11-17-13-6-4-12(5-7-13)14(16)8-2-1-3-9-14/h4-7H,1-3,8-11,16H2. The van der Waals surface area contributed by atoms with Crippen LogP contribution in [-0.2, 0) is 5.54 Å². The predicted octanol–water partition coefficient (Wildman–Crippen LogP) is 3.15. The summed E-state index contributed by atoms with van der Waals surface area (Å²) < 4.78 is 17.2. The summed E-state index contributed by atoms with van der Waals surface area (Å²) >= 11 is 0. The molecule has 0 saturated heterocycles. The maximum Gasteiger partial charge on any atom is 0.123 e. The van der Waals surface area contributed by atoms with Gasteiger partial charge in [0.25, 0.3) is 0 Å². The Bertz CT molecular complexity index is 344. The number of nitrogens with two attached hydrogens (primary N) is 1. The molecule has 2 nitrogen and oxygen atoms in total. The molecule has 1 aromatic carbocycles. The molecule has 1 fully saturated rings. The first-order chi connectivity index (χ1) is 8.24. The lowest BCUT2D eigenvalue weighted by atomic mass is 9.77. The van der Waals surface area contributed by atoms with Gasteiger partial charge in [0, 0.05) is 5.54 Å². The highest BCUT2D eigenvalue weighted by Crippen LogP contribution is 2.35. The first-order valence-corrected chi connectivity index (χ1v) is 6.33. The first-order valence-electron chi connectivity index (χ1n) is 6.33. The Morgan fingerprint density at radius 2 is 1.76 bits per heavy atom. The van der Waals surface area contributed by atoms with E-state index in [2.05, 4.69) is 0 Å². The van der Waals surface area contributed by atoms with Crippen molar-refractivity contribution in [2.75, 3.05) is 13.3 Å². The molecule has 0 heterocycles. The molecule has 94 valence electrons. The fraction of sp³-hybridized carbons (Fsp3) is 0.571. The lowest BCUT2D eigenvalue weighted by Crippen LogP contribution is -2.38. The molecular formula is C14H20FNO. The zero-order chi connectivity index (χ0) is 12.1. The smallest absolute Gasteiger partial charge is 0.123 e. The molecule has 2 N–H and O–H groups in total. The van der Waals surface area contributed by atoms with Crippen LogP contribution in [0.15, 0.2) is 24.3 Å². The maximum atomic E-state index is 12.0. The number of rotatable bonds is 4. The van der Waals surface area contributed by atoms with E-state index in [1.54, 1.807) is 0 Å². The Hall–Kier alpha value is -1.09. The monoisotopic (exact) mass is 237 g/mol. The highest BCUT2D eigenvalue weighted by atomic mass is 19.1. The van der Waals surface area contributed by atoms with Crippen LogP contribution in [0.2, 0.25) is 0 Å². The molecule has 0 bridgehead atoms. The van der Waals surface area contributed by atoms with E-state index in [4.69, 9.17) is 10.5 Å². The van der Waals surface area contributed by atoms with Gasteiger partial charge in [0.05, 0.1) is 0 Å². The van der Waals surface area contributed by atoms with Crippen LogP contribution >= 0.6 is 0 Å². The third-order valence-corrected chi connectivity index (χ3v) is 3.52. The van der Waals surface area contributed by atoms with E-state index in [0.717, 1.165) is 12.8 Å². The van der Waals surface area contributed by atoms with Crippen LogP contribution < -0.4 is 10.5 Å². The zero-order valence-electron chi connectivity index (χ0n) is 10.1. The van der Waals surface area contributed by atoms with Gasteiger partial charge in [0.1, 0.15) is 19.0 Å². The van der Waals surface area contributed by atoms with Gasteiger partial charge in [0.15, 0.2) is 0 Å². The van der Waals surface area contributed by atoms with Crippen molar-refractivity contribution in [2.24, 2.45) is 5.73 Å². The van der Waals surface area contributed by atoms with Crippen molar-refractivity contribution in [3.8, 4) is 5.75 Å². The molecule has 2 rings (SSSR count). The Labute approximate surface area is 102 Å². The lowest BCUT2D eigenvalue weighted by Gasteiger charge is -2.34. The van der Waals surface area contributed by atoms with Crippen molar-refractivity contribution in [3.05, 3.63) is 29.8 Å². The Morgan fingerprint density at radius 3 is 2.35 bits per heavy atom. The minimum atomic E-state index is -0.456. The van der Waals surface area contributed by atoms with E-state index in [9.17, 15) is 4.39 Å². The minimum absolute atomic E-state index is 0.118. The number of alkyl halides is 1. The third-order valence-electron chi connectivity index (χ3n) is 3.52. The summed E-state index contributed by atoms with van der Waals surface area (Å²) in [6, 6.07) is 7.79. The third kappa shape index (κ3) is 2.97. The van der Waals surface area contributed by atoms with Crippen molar-refractivity contribution < 1.29 is 9.13 Å². The molecule has 0 spiro atoms. The van der Waals surface area contributed by atoms with E-state index in [1.807, 2.05) is 24.3 Å². The van der Waals surface area contributed by atoms with Crippen molar-refractivity contribution >= 4 is 0 Å². The number of hydrogen-bond acceptors (Lipinski definition) is 2. The van der Waals surface area contributed by atoms with E-state index >= 15 is 0 Å². The van der Waals surface area contributed by atoms with E-state index < -0.39 is 6.67 Å². The van der Waals surface area contributed by atoms with Crippen LogP contribution in [0, 0.1) is 0 Å². The molecule has 1 aromatic rings. The molecule has 17 heavy (non-hydrogen) atoms. The lowest BCUT2D eigenvalue weighted by molar-refractivity contribution is 0.272. The van der Waals surface area contributed by atoms with Gasteiger partial charge in [-0.05, 0) is 30.5 Å². The highest BCUT2D eigenvalue weighted by molar-refractivity contribution is 5.32. The molecule has 0 amide bonds. The normalized spacial score (nSPS) is 18.9. The van der Waals surface area contributed by atoms with Crippen molar-refractivity contribution in [2.45, 2.75) is 37.6 Å². The fourth-order valence-electron chi connectivity index (χ4n) is 2.51. The van der Waals surface area contributed by atoms with Gasteiger partial charge in [0.2, 0.25) is 0 Å². The summed E-state index contributed by atoms with van der Waals surface area (Å²) in [6.45, 7) is -0.338. The SMILES string of the molecule is NC1(c2ccc(OCCF)cc2)CCCCC1. The summed E-state index contributed by atoms with van der Waals surface area (Å²) in [4.78, 5) is 0. The average molecular weight is 237 g/mol. The van der Waals surface area contributed by atoms with Gasteiger partial charge >= 0.3 is 0 Å². The van der Waals surface area contributed by atoms with Gasteiger partial charge < -0.3 is 10.5 Å². The second-order valence-corrected chi connectivity index (χ2v) is 4.78. The topological polar surface area (TPSA) is 35.2 Å². The minimum Gasteiger partial charge on any atom is -0.491 e. The van der Waals surface area contributed by atoms with Crippen LogP contribution in [0.5, 0.6) is 5.75 Å². The van der Waals surface area contributed by atoms with E-state index in [0.29, 0.717) is 5.75 Å². The van der Waals surface area contributed by atoms with E-state index in [1.165, 1.54) is 24.8 Å². The molecule has 1 aliphatic rings. The summed E-state index contributed by atoms with van der Waals surface area (Å²) in [5, 5.41) is 0. The number of halogens is 1. The van der Waals surface area contributed by atoms with Gasteiger partial charge in [-0.2, -0.15) is 0 Å². The number of ether oxygens (including phenoxy) is 1. The summed E-state index contributed by atoms with van der Waals surface area (Å²) in [6.07, 6.45) is 5.80. The summed E-state index contributed by atoms with van der Waals surface area (Å²) in [5.41, 5.74) is 7.43. The molecule has 0 aliphatic heterocycles. The van der Waals surface area contributed by atoms with Crippen LogP contribution in [0.1, 0.15) is 37.7 Å². The molecule has 0 atom stereocenters. The van der Waals surface area contributed by atoms with Crippen LogP contribution in [0.25, 0.3) is 0 Å². The fourth-order valence-corrected chi connectivity index (χ4v) is 2.51. The zero-order valence-corrected chi connectivity index (χ0v) is 10.1. The maximum absolute atomic E-state index is 12.0. The van der Waals surface area contributed by atoms with Crippen molar-refractivity contribution in [1.82, 2.24) is 0 Å². The molecule has 3 heteroatoms. The quantitative estimate of drug-likeness (QED) is 0.873. The molecule has 1 saturated carbocycles. The molecule has 1 aliphatic carbocycles. The highest BCUT2D eigenvalue weighted by Gasteiger charge is 2.29. The summed E-state index contributed by atoms with van der Waals surface area (Å²) in [7, 11) is 0. The van der Waals surface area contributed by atoms with E-state index in [-0.39, 0.29) is 12.1 Å². The Morgan fingerprint density at radius 1 is 1.12 bits per heavy atom. The largest absolute Gasteiger partial charge is 0.491 e. The second kappa shape index (κ2) is 5.50. The first kappa shape index (κ1) is 12.4. The average Bonchev–Trinajstić information content (AvgIpc) is 2.38. The number of benzene rings is 1. The van der Waals surface area contributed by atoms with Crippen LogP contribution in [-0.4, -0.2) is 13.3 Å². The van der Waals surface area contributed by atoms with Crippen molar-refractivity contribution in [3.63, 3.8) is 0 Å². The Kier molecular flexibility index (Phi) is 4.00. The molecular weight excluding hydrogens is 217 g/mol. The second-order valence-electron chi connectivity index (χ2n) is 4.78. The molecule has 0 radical (unpaired) electrons. The van der Waals surface area contributed by atoms with Gasteiger partial charge in [-0.15, -0.1) is 0 Å². The number of hydrogen-bond donors (Lipinski definition) is 1. The van der Waals surface area contributed by atoms with Crippen molar-refractivity contribution in [1.29, 1.82) is 0 Å².